The molecular formula is C27H28N4O4. The largest absolute Gasteiger partial charge is 0.497 e. The molecule has 1 fully saturated rings. The van der Waals surface area contributed by atoms with Crippen LogP contribution in [0, 0.1) is 5.92 Å². The Hall–Kier alpha value is -4.33. The molecule has 3 aromatic rings. The SMILES string of the molecule is COc1cccc(NC(=O)c2ccccc2NC(=O)C2CCCN(C(=O)Nc3ccccc3)C2)c1. The van der Waals surface area contributed by atoms with Crippen molar-refractivity contribution in [1.82, 2.24) is 4.90 Å². The molecule has 0 radical (unpaired) electrons. The molecule has 4 rings (SSSR count). The Morgan fingerprint density at radius 3 is 2.40 bits per heavy atom. The Labute approximate surface area is 204 Å². The number of para-hydroxylation sites is 2. The van der Waals surface area contributed by atoms with Crippen LogP contribution in [-0.2, 0) is 4.79 Å². The summed E-state index contributed by atoms with van der Waals surface area (Å²) in [6.45, 7) is 0.894. The second-order valence-electron chi connectivity index (χ2n) is 8.30. The number of piperidine rings is 1. The van der Waals surface area contributed by atoms with E-state index in [4.69, 9.17) is 4.74 Å². The molecule has 4 amide bonds. The Kier molecular flexibility index (Phi) is 7.62. The molecule has 180 valence electrons. The second kappa shape index (κ2) is 11.2. The fraction of sp³-hybridized carbons (Fsp3) is 0.222. The molecule has 1 atom stereocenters. The zero-order chi connectivity index (χ0) is 24.6. The molecule has 0 spiro atoms. The van der Waals surface area contributed by atoms with Gasteiger partial charge in [-0.15, -0.1) is 0 Å². The number of carbonyl (C=O) groups excluding carboxylic acids is 3. The molecule has 8 heteroatoms. The topological polar surface area (TPSA) is 99.8 Å². The van der Waals surface area contributed by atoms with Crippen molar-refractivity contribution in [2.24, 2.45) is 5.92 Å². The molecule has 0 aliphatic carbocycles. The van der Waals surface area contributed by atoms with Crippen LogP contribution in [0.15, 0.2) is 78.9 Å². The summed E-state index contributed by atoms with van der Waals surface area (Å²) in [6.07, 6.45) is 1.39. The molecule has 1 saturated heterocycles. The third kappa shape index (κ3) is 6.17. The molecular weight excluding hydrogens is 444 g/mol. The molecule has 1 aliphatic rings. The molecule has 0 saturated carbocycles. The highest BCUT2D eigenvalue weighted by Crippen LogP contribution is 2.23. The van der Waals surface area contributed by atoms with Crippen LogP contribution >= 0.6 is 0 Å². The van der Waals surface area contributed by atoms with Crippen LogP contribution in [0.5, 0.6) is 5.75 Å². The predicted octanol–water partition coefficient (Wildman–Crippen LogP) is 4.83. The Morgan fingerprint density at radius 1 is 0.857 bits per heavy atom. The first-order valence-corrected chi connectivity index (χ1v) is 11.5. The number of ether oxygens (including phenoxy) is 1. The summed E-state index contributed by atoms with van der Waals surface area (Å²) in [5, 5.41) is 8.61. The summed E-state index contributed by atoms with van der Waals surface area (Å²) in [4.78, 5) is 40.4. The van der Waals surface area contributed by atoms with Gasteiger partial charge >= 0.3 is 6.03 Å². The zero-order valence-corrected chi connectivity index (χ0v) is 19.5. The summed E-state index contributed by atoms with van der Waals surface area (Å²) < 4.78 is 5.20. The fourth-order valence-electron chi connectivity index (χ4n) is 4.02. The lowest BCUT2D eigenvalue weighted by Gasteiger charge is -2.32. The highest BCUT2D eigenvalue weighted by Gasteiger charge is 2.29. The van der Waals surface area contributed by atoms with Crippen molar-refractivity contribution in [3.05, 3.63) is 84.4 Å². The van der Waals surface area contributed by atoms with E-state index in [1.165, 1.54) is 0 Å². The molecule has 0 aromatic heterocycles. The van der Waals surface area contributed by atoms with E-state index in [2.05, 4.69) is 16.0 Å². The molecule has 8 nitrogen and oxygen atoms in total. The summed E-state index contributed by atoms with van der Waals surface area (Å²) in [5.74, 6) is -0.312. The van der Waals surface area contributed by atoms with Crippen molar-refractivity contribution in [2.75, 3.05) is 36.1 Å². The smallest absolute Gasteiger partial charge is 0.321 e. The Morgan fingerprint density at radius 2 is 1.60 bits per heavy atom. The van der Waals surface area contributed by atoms with E-state index in [0.717, 1.165) is 6.42 Å². The molecule has 3 aromatic carbocycles. The van der Waals surface area contributed by atoms with E-state index >= 15 is 0 Å². The zero-order valence-electron chi connectivity index (χ0n) is 19.5. The Balaban J connectivity index is 1.40. The molecule has 1 unspecified atom stereocenters. The standard InChI is InChI=1S/C27H28N4O4/c1-35-22-13-7-12-21(17-22)28-26(33)23-14-5-6-15-24(23)30-25(32)19-9-8-16-31(18-19)27(34)29-20-10-3-2-4-11-20/h2-7,10-15,17,19H,8-9,16,18H2,1H3,(H,28,33)(H,29,34)(H,30,32). The normalized spacial score (nSPS) is 15.1. The van der Waals surface area contributed by atoms with Gasteiger partial charge in [0.2, 0.25) is 5.91 Å². The first-order valence-electron chi connectivity index (χ1n) is 11.5. The number of urea groups is 1. The van der Waals surface area contributed by atoms with Crippen molar-refractivity contribution < 1.29 is 19.1 Å². The van der Waals surface area contributed by atoms with Gasteiger partial charge in [0, 0.05) is 30.5 Å². The lowest BCUT2D eigenvalue weighted by atomic mass is 9.97. The van der Waals surface area contributed by atoms with Crippen LogP contribution in [0.1, 0.15) is 23.2 Å². The number of hydrogen-bond acceptors (Lipinski definition) is 4. The summed E-state index contributed by atoms with van der Waals surface area (Å²) in [6, 6.07) is 22.9. The first kappa shape index (κ1) is 23.8. The van der Waals surface area contributed by atoms with Crippen LogP contribution in [0.25, 0.3) is 0 Å². The van der Waals surface area contributed by atoms with Gasteiger partial charge in [0.1, 0.15) is 5.75 Å². The molecule has 35 heavy (non-hydrogen) atoms. The number of anilines is 3. The predicted molar refractivity (Wildman–Crippen MR) is 136 cm³/mol. The van der Waals surface area contributed by atoms with Crippen LogP contribution in [0.3, 0.4) is 0 Å². The number of amides is 4. The van der Waals surface area contributed by atoms with Crippen LogP contribution in [0.4, 0.5) is 21.9 Å². The highest BCUT2D eigenvalue weighted by molar-refractivity contribution is 6.10. The molecule has 3 N–H and O–H groups in total. The number of likely N-dealkylation sites (tertiary alicyclic amines) is 1. The third-order valence-corrected chi connectivity index (χ3v) is 5.86. The van der Waals surface area contributed by atoms with Crippen LogP contribution < -0.4 is 20.7 Å². The third-order valence-electron chi connectivity index (χ3n) is 5.86. The van der Waals surface area contributed by atoms with Crippen molar-refractivity contribution in [3.8, 4) is 5.75 Å². The van der Waals surface area contributed by atoms with Gasteiger partial charge in [0.25, 0.3) is 5.91 Å². The summed E-state index contributed by atoms with van der Waals surface area (Å²) in [7, 11) is 1.56. The van der Waals surface area contributed by atoms with E-state index < -0.39 is 0 Å². The van der Waals surface area contributed by atoms with Gasteiger partial charge in [-0.25, -0.2) is 4.79 Å². The minimum absolute atomic E-state index is 0.219. The average molecular weight is 473 g/mol. The fourth-order valence-corrected chi connectivity index (χ4v) is 4.02. The van der Waals surface area contributed by atoms with E-state index in [1.54, 1.807) is 60.5 Å². The van der Waals surface area contributed by atoms with Gasteiger partial charge in [-0.05, 0) is 49.2 Å². The van der Waals surface area contributed by atoms with Crippen molar-refractivity contribution in [3.63, 3.8) is 0 Å². The Bertz CT molecular complexity index is 1200. The molecule has 1 heterocycles. The van der Waals surface area contributed by atoms with Crippen molar-refractivity contribution in [1.29, 1.82) is 0 Å². The first-order chi connectivity index (χ1) is 17.0. The quantitative estimate of drug-likeness (QED) is 0.478. The molecule has 1 aliphatic heterocycles. The maximum atomic E-state index is 13.1. The number of benzene rings is 3. The van der Waals surface area contributed by atoms with Crippen molar-refractivity contribution in [2.45, 2.75) is 12.8 Å². The highest BCUT2D eigenvalue weighted by atomic mass is 16.5. The van der Waals surface area contributed by atoms with Crippen LogP contribution in [-0.4, -0.2) is 42.9 Å². The van der Waals surface area contributed by atoms with Gasteiger partial charge in [-0.2, -0.15) is 0 Å². The number of hydrogen-bond donors (Lipinski definition) is 3. The second-order valence-corrected chi connectivity index (χ2v) is 8.30. The maximum absolute atomic E-state index is 13.1. The molecule has 0 bridgehead atoms. The van der Waals surface area contributed by atoms with Gasteiger partial charge in [-0.3, -0.25) is 9.59 Å². The average Bonchev–Trinajstić information content (AvgIpc) is 2.89. The maximum Gasteiger partial charge on any atom is 0.321 e. The summed E-state index contributed by atoms with van der Waals surface area (Å²) in [5.41, 5.74) is 2.06. The number of nitrogens with one attached hydrogen (secondary N) is 3. The van der Waals surface area contributed by atoms with Gasteiger partial charge < -0.3 is 25.6 Å². The van der Waals surface area contributed by atoms with E-state index in [-0.39, 0.29) is 23.8 Å². The number of nitrogens with zero attached hydrogens (tertiary/aromatic N) is 1. The number of methoxy groups -OCH3 is 1. The van der Waals surface area contributed by atoms with Gasteiger partial charge in [0.05, 0.1) is 24.3 Å². The van der Waals surface area contributed by atoms with E-state index in [0.29, 0.717) is 47.9 Å². The monoisotopic (exact) mass is 472 g/mol. The van der Waals surface area contributed by atoms with Crippen LogP contribution in [0.2, 0.25) is 0 Å². The van der Waals surface area contributed by atoms with E-state index in [1.807, 2.05) is 30.3 Å². The minimum atomic E-state index is -0.375. The number of rotatable bonds is 6. The minimum Gasteiger partial charge on any atom is -0.497 e. The van der Waals surface area contributed by atoms with Crippen molar-refractivity contribution >= 4 is 34.9 Å². The van der Waals surface area contributed by atoms with E-state index in [9.17, 15) is 14.4 Å². The van der Waals surface area contributed by atoms with Gasteiger partial charge in [0.15, 0.2) is 0 Å². The number of carbonyl (C=O) groups is 3. The van der Waals surface area contributed by atoms with Gasteiger partial charge in [-0.1, -0.05) is 36.4 Å². The summed E-state index contributed by atoms with van der Waals surface area (Å²) >= 11 is 0. The lowest BCUT2D eigenvalue weighted by molar-refractivity contribution is -0.121. The lowest BCUT2D eigenvalue weighted by Crippen LogP contribution is -2.45.